The van der Waals surface area contributed by atoms with Gasteiger partial charge >= 0.3 is 0 Å². The summed E-state index contributed by atoms with van der Waals surface area (Å²) in [5, 5.41) is 15.6. The second-order valence-electron chi connectivity index (χ2n) is 8.87. The maximum absolute atomic E-state index is 13.1. The van der Waals surface area contributed by atoms with Gasteiger partial charge in [-0.3, -0.25) is 9.71 Å². The molecule has 198 valence electrons. The van der Waals surface area contributed by atoms with Crippen LogP contribution in [-0.4, -0.2) is 49.8 Å². The van der Waals surface area contributed by atoms with Gasteiger partial charge in [-0.15, -0.1) is 11.3 Å². The summed E-state index contributed by atoms with van der Waals surface area (Å²) in [5.41, 5.74) is 3.48. The molecule has 3 heterocycles. The van der Waals surface area contributed by atoms with E-state index in [4.69, 9.17) is 9.47 Å². The minimum Gasteiger partial charge on any atom is -0.495 e. The van der Waals surface area contributed by atoms with Crippen molar-refractivity contribution < 1.29 is 23.0 Å². The topological polar surface area (TPSA) is 123 Å². The third kappa shape index (κ3) is 5.97. The molecule has 1 aliphatic rings. The Labute approximate surface area is 225 Å². The number of aliphatic hydroxyl groups is 1. The van der Waals surface area contributed by atoms with Crippen molar-refractivity contribution in [1.29, 1.82) is 0 Å². The molecule has 1 aliphatic heterocycles. The molecular weight excluding hydrogens is 524 g/mol. The number of aryl methyl sites for hydroxylation is 1. The Bertz CT molecular complexity index is 1480. The largest absolute Gasteiger partial charge is 0.495 e. The smallest absolute Gasteiger partial charge is 0.267 e. The summed E-state index contributed by atoms with van der Waals surface area (Å²) >= 11 is 1.20. The minimum atomic E-state index is -3.89. The summed E-state index contributed by atoms with van der Waals surface area (Å²) < 4.78 is 40.2. The van der Waals surface area contributed by atoms with E-state index in [1.54, 1.807) is 36.0 Å². The van der Waals surface area contributed by atoms with Crippen LogP contribution in [0.4, 0.5) is 5.13 Å². The van der Waals surface area contributed by atoms with Crippen LogP contribution >= 0.6 is 11.3 Å². The SMILES string of the molecule is COc1ccc(-c2ccc3c(c2)CCC(CNCC(O)c2cccnc2)O3)cc1S(=O)(=O)Nc1nccs1. The van der Waals surface area contributed by atoms with Gasteiger partial charge in [0.25, 0.3) is 10.0 Å². The number of aliphatic hydroxyl groups excluding tert-OH is 1. The lowest BCUT2D eigenvalue weighted by Crippen LogP contribution is -2.36. The third-order valence-corrected chi connectivity index (χ3v) is 8.49. The second kappa shape index (κ2) is 11.5. The normalized spacial score (nSPS) is 15.8. The highest BCUT2D eigenvalue weighted by Crippen LogP contribution is 2.35. The number of aromatic nitrogens is 2. The van der Waals surface area contributed by atoms with Crippen molar-refractivity contribution in [2.24, 2.45) is 0 Å². The standard InChI is InChI=1S/C27H28N4O5S2/c1-35-25-9-6-19(14-26(25)38(33,34)31-27-30-11-12-37-27)18-5-8-24-20(13-18)4-7-22(36-24)16-29-17-23(32)21-3-2-10-28-15-21/h2-3,5-6,8-15,22-23,29,32H,4,7,16-17H2,1H3,(H,30,31). The lowest BCUT2D eigenvalue weighted by molar-refractivity contribution is 0.146. The lowest BCUT2D eigenvalue weighted by Gasteiger charge is -2.27. The number of sulfonamides is 1. The Kier molecular flexibility index (Phi) is 7.89. The summed E-state index contributed by atoms with van der Waals surface area (Å²) in [6.45, 7) is 1.03. The molecule has 11 heteroatoms. The van der Waals surface area contributed by atoms with E-state index < -0.39 is 16.1 Å². The summed E-state index contributed by atoms with van der Waals surface area (Å²) in [5.74, 6) is 1.06. The molecule has 2 unspecified atom stereocenters. The molecule has 2 atom stereocenters. The molecule has 5 rings (SSSR count). The molecule has 0 aliphatic carbocycles. The first-order chi connectivity index (χ1) is 18.4. The predicted octanol–water partition coefficient (Wildman–Crippen LogP) is 4.03. The molecule has 2 aromatic carbocycles. The number of benzene rings is 2. The van der Waals surface area contributed by atoms with Crippen molar-refractivity contribution in [3.05, 3.63) is 83.6 Å². The Balaban J connectivity index is 1.27. The van der Waals surface area contributed by atoms with Gasteiger partial charge in [-0.1, -0.05) is 18.2 Å². The van der Waals surface area contributed by atoms with E-state index in [1.165, 1.54) is 24.6 Å². The number of pyridine rings is 1. The second-order valence-corrected chi connectivity index (χ2v) is 11.4. The van der Waals surface area contributed by atoms with Crippen LogP contribution in [-0.2, 0) is 16.4 Å². The highest BCUT2D eigenvalue weighted by atomic mass is 32.2. The maximum atomic E-state index is 13.1. The van der Waals surface area contributed by atoms with Crippen LogP contribution in [0.5, 0.6) is 11.5 Å². The van der Waals surface area contributed by atoms with Crippen LogP contribution in [0.3, 0.4) is 0 Å². The number of anilines is 1. The Morgan fingerprint density at radius 2 is 2.03 bits per heavy atom. The fraction of sp³-hybridized carbons (Fsp3) is 0.259. The van der Waals surface area contributed by atoms with Crippen molar-refractivity contribution in [3.8, 4) is 22.6 Å². The van der Waals surface area contributed by atoms with E-state index in [9.17, 15) is 13.5 Å². The van der Waals surface area contributed by atoms with Crippen LogP contribution in [0.1, 0.15) is 23.7 Å². The minimum absolute atomic E-state index is 0.0101. The van der Waals surface area contributed by atoms with Gasteiger partial charge in [-0.25, -0.2) is 13.4 Å². The van der Waals surface area contributed by atoms with Crippen LogP contribution in [0, 0.1) is 0 Å². The van der Waals surface area contributed by atoms with Crippen LogP contribution < -0.4 is 19.5 Å². The van der Waals surface area contributed by atoms with Crippen molar-refractivity contribution in [2.75, 3.05) is 24.9 Å². The molecule has 38 heavy (non-hydrogen) atoms. The number of nitrogens with one attached hydrogen (secondary N) is 2. The van der Waals surface area contributed by atoms with Gasteiger partial charge in [-0.2, -0.15) is 0 Å². The zero-order valence-electron chi connectivity index (χ0n) is 20.7. The van der Waals surface area contributed by atoms with E-state index >= 15 is 0 Å². The van der Waals surface area contributed by atoms with E-state index in [0.29, 0.717) is 18.2 Å². The summed E-state index contributed by atoms with van der Waals surface area (Å²) in [6.07, 6.45) is 5.90. The molecule has 0 radical (unpaired) electrons. The number of rotatable bonds is 10. The summed E-state index contributed by atoms with van der Waals surface area (Å²) in [7, 11) is -2.45. The van der Waals surface area contributed by atoms with Crippen LogP contribution in [0.25, 0.3) is 11.1 Å². The molecule has 2 aromatic heterocycles. The number of nitrogens with zero attached hydrogens (tertiary/aromatic N) is 2. The molecular formula is C27H28N4O5S2. The first-order valence-electron chi connectivity index (χ1n) is 12.1. The van der Waals surface area contributed by atoms with Crippen molar-refractivity contribution in [1.82, 2.24) is 15.3 Å². The molecule has 0 amide bonds. The average molecular weight is 553 g/mol. The monoisotopic (exact) mass is 552 g/mol. The predicted molar refractivity (Wildman–Crippen MR) is 146 cm³/mol. The van der Waals surface area contributed by atoms with Crippen molar-refractivity contribution in [2.45, 2.75) is 29.9 Å². The zero-order valence-corrected chi connectivity index (χ0v) is 22.3. The van der Waals surface area contributed by atoms with E-state index in [1.807, 2.05) is 30.3 Å². The highest BCUT2D eigenvalue weighted by molar-refractivity contribution is 7.93. The number of hydrogen-bond acceptors (Lipinski definition) is 9. The van der Waals surface area contributed by atoms with E-state index in [-0.39, 0.29) is 16.7 Å². The first-order valence-corrected chi connectivity index (χ1v) is 14.5. The Morgan fingerprint density at radius 1 is 1.18 bits per heavy atom. The molecule has 0 saturated heterocycles. The van der Waals surface area contributed by atoms with Gasteiger partial charge in [0.15, 0.2) is 5.13 Å². The number of methoxy groups -OCH3 is 1. The number of fused-ring (bicyclic) bond motifs is 1. The van der Waals surface area contributed by atoms with Gasteiger partial charge in [0.1, 0.15) is 22.5 Å². The molecule has 9 nitrogen and oxygen atoms in total. The molecule has 0 saturated carbocycles. The van der Waals surface area contributed by atoms with Crippen molar-refractivity contribution in [3.63, 3.8) is 0 Å². The number of hydrogen-bond donors (Lipinski definition) is 3. The van der Waals surface area contributed by atoms with Gasteiger partial charge in [0.05, 0.1) is 13.2 Å². The molecule has 0 bridgehead atoms. The molecule has 0 fully saturated rings. The van der Waals surface area contributed by atoms with Gasteiger partial charge in [0, 0.05) is 42.6 Å². The fourth-order valence-electron chi connectivity index (χ4n) is 4.35. The summed E-state index contributed by atoms with van der Waals surface area (Å²) in [6, 6.07) is 14.7. The molecule has 3 N–H and O–H groups in total. The maximum Gasteiger partial charge on any atom is 0.267 e. The summed E-state index contributed by atoms with van der Waals surface area (Å²) in [4.78, 5) is 8.10. The van der Waals surface area contributed by atoms with Gasteiger partial charge in [-0.05, 0) is 59.9 Å². The average Bonchev–Trinajstić information content (AvgIpc) is 3.45. The fourth-order valence-corrected chi connectivity index (χ4v) is 6.33. The lowest BCUT2D eigenvalue weighted by atomic mass is 9.97. The van der Waals surface area contributed by atoms with Gasteiger partial charge in [0.2, 0.25) is 0 Å². The van der Waals surface area contributed by atoms with Gasteiger partial charge < -0.3 is 19.9 Å². The number of thiazole rings is 1. The zero-order chi connectivity index (χ0) is 26.5. The Hall–Kier alpha value is -3.51. The van der Waals surface area contributed by atoms with Crippen LogP contribution in [0.15, 0.2) is 77.4 Å². The molecule has 0 spiro atoms. The van der Waals surface area contributed by atoms with E-state index in [2.05, 4.69) is 20.0 Å². The van der Waals surface area contributed by atoms with Crippen molar-refractivity contribution >= 4 is 26.5 Å². The van der Waals surface area contributed by atoms with Crippen LogP contribution in [0.2, 0.25) is 0 Å². The molecule has 4 aromatic rings. The van der Waals surface area contributed by atoms with E-state index in [0.717, 1.165) is 40.8 Å². The Morgan fingerprint density at radius 3 is 2.79 bits per heavy atom. The third-order valence-electron chi connectivity index (χ3n) is 6.31. The quantitative estimate of drug-likeness (QED) is 0.270. The number of ether oxygens (including phenoxy) is 2. The first kappa shape index (κ1) is 26.1. The highest BCUT2D eigenvalue weighted by Gasteiger charge is 2.23.